The zero-order valence-corrected chi connectivity index (χ0v) is 9.61. The van der Waals surface area contributed by atoms with Crippen LogP contribution in [0.3, 0.4) is 0 Å². The third-order valence-electron chi connectivity index (χ3n) is 2.45. The summed E-state index contributed by atoms with van der Waals surface area (Å²) in [5.74, 6) is 0.612. The number of rotatable bonds is 4. The van der Waals surface area contributed by atoms with Crippen LogP contribution in [0.1, 0.15) is 5.56 Å². The summed E-state index contributed by atoms with van der Waals surface area (Å²) in [5, 5.41) is 2.26. The Morgan fingerprint density at radius 1 is 1.31 bits per heavy atom. The van der Waals surface area contributed by atoms with Crippen LogP contribution < -0.4 is 4.18 Å². The van der Waals surface area contributed by atoms with Gasteiger partial charge in [-0.2, -0.15) is 0 Å². The fourth-order valence-corrected chi connectivity index (χ4v) is 1.95. The molecule has 0 N–H and O–H groups in total. The van der Waals surface area contributed by atoms with E-state index in [2.05, 4.69) is 12.6 Å². The normalized spacial score (nSPS) is 10.2. The molecule has 0 aromatic heterocycles. The molecule has 0 aliphatic rings. The Bertz CT molecular complexity index is 534. The first-order valence-corrected chi connectivity index (χ1v) is 5.70. The SMILES string of the molecule is C=CCc1cccc2ccc(O[SH]=O)cc12. The molecule has 0 aliphatic carbocycles. The summed E-state index contributed by atoms with van der Waals surface area (Å²) in [6.45, 7) is 3.74. The van der Waals surface area contributed by atoms with Gasteiger partial charge >= 0.3 is 0 Å². The van der Waals surface area contributed by atoms with Crippen molar-refractivity contribution in [3.05, 3.63) is 54.6 Å². The Morgan fingerprint density at radius 3 is 2.94 bits per heavy atom. The van der Waals surface area contributed by atoms with Gasteiger partial charge in [0, 0.05) is 0 Å². The Kier molecular flexibility index (Phi) is 3.37. The van der Waals surface area contributed by atoms with Gasteiger partial charge in [0.05, 0.1) is 0 Å². The van der Waals surface area contributed by atoms with Gasteiger partial charge in [-0.15, -0.1) is 6.58 Å². The zero-order valence-electron chi connectivity index (χ0n) is 8.72. The maximum atomic E-state index is 10.4. The second-order valence-corrected chi connectivity index (χ2v) is 3.79. The highest BCUT2D eigenvalue weighted by Gasteiger charge is 2.01. The van der Waals surface area contributed by atoms with Crippen LogP contribution in [-0.2, 0) is 18.4 Å². The third-order valence-corrected chi connectivity index (χ3v) is 2.74. The Balaban J connectivity index is 2.58. The van der Waals surface area contributed by atoms with E-state index < -0.39 is 0 Å². The number of benzene rings is 2. The molecule has 0 unspecified atom stereocenters. The monoisotopic (exact) mass is 232 g/mol. The van der Waals surface area contributed by atoms with Gasteiger partial charge in [0.2, 0.25) is 0 Å². The fourth-order valence-electron chi connectivity index (χ4n) is 1.75. The summed E-state index contributed by atoms with van der Waals surface area (Å²) in [5.41, 5.74) is 1.19. The van der Waals surface area contributed by atoms with E-state index in [9.17, 15) is 4.21 Å². The molecule has 0 amide bonds. The first-order chi connectivity index (χ1) is 7.85. The number of fused-ring (bicyclic) bond motifs is 1. The van der Waals surface area contributed by atoms with E-state index in [-0.39, 0.29) is 11.9 Å². The van der Waals surface area contributed by atoms with Crippen molar-refractivity contribution in [1.82, 2.24) is 0 Å². The van der Waals surface area contributed by atoms with E-state index in [0.717, 1.165) is 17.2 Å². The van der Waals surface area contributed by atoms with Crippen LogP contribution in [0.4, 0.5) is 0 Å². The Morgan fingerprint density at radius 2 is 2.19 bits per heavy atom. The van der Waals surface area contributed by atoms with E-state index in [1.807, 2.05) is 36.4 Å². The van der Waals surface area contributed by atoms with Crippen LogP contribution in [0, 0.1) is 0 Å². The van der Waals surface area contributed by atoms with Crippen LogP contribution in [0.5, 0.6) is 5.75 Å². The smallest absolute Gasteiger partial charge is 0.193 e. The topological polar surface area (TPSA) is 26.3 Å². The highest BCUT2D eigenvalue weighted by atomic mass is 32.2. The molecule has 3 heteroatoms. The minimum absolute atomic E-state index is 0.327. The van der Waals surface area contributed by atoms with Crippen LogP contribution in [0.2, 0.25) is 0 Å². The zero-order chi connectivity index (χ0) is 11.4. The highest BCUT2D eigenvalue weighted by molar-refractivity contribution is 7.60. The third kappa shape index (κ3) is 2.14. The number of thiol groups is 1. The summed E-state index contributed by atoms with van der Waals surface area (Å²) in [4.78, 5) is 0. The predicted octanol–water partition coefficient (Wildman–Crippen LogP) is 2.81. The molecule has 16 heavy (non-hydrogen) atoms. The molecule has 0 bridgehead atoms. The fraction of sp³-hybridized carbons (Fsp3) is 0.0769. The van der Waals surface area contributed by atoms with Crippen molar-refractivity contribution < 1.29 is 8.39 Å². The van der Waals surface area contributed by atoms with E-state index >= 15 is 0 Å². The molecule has 0 fully saturated rings. The summed E-state index contributed by atoms with van der Waals surface area (Å²) in [7, 11) is 0. The molecule has 2 nitrogen and oxygen atoms in total. The quantitative estimate of drug-likeness (QED) is 0.648. The molecule has 0 saturated heterocycles. The van der Waals surface area contributed by atoms with E-state index in [0.29, 0.717) is 5.75 Å². The number of allylic oxidation sites excluding steroid dienone is 1. The lowest BCUT2D eigenvalue weighted by molar-refractivity contribution is 0.582. The molecule has 0 spiro atoms. The molecule has 0 aliphatic heterocycles. The van der Waals surface area contributed by atoms with Crippen molar-refractivity contribution >= 4 is 22.7 Å². The maximum absolute atomic E-state index is 10.4. The molecule has 2 aromatic rings. The summed E-state index contributed by atoms with van der Waals surface area (Å²) >= 11 is -0.327. The maximum Gasteiger partial charge on any atom is 0.193 e. The van der Waals surface area contributed by atoms with Gasteiger partial charge in [-0.25, -0.2) is 4.21 Å². The standard InChI is InChI=1S/C13H12O2S/c1-2-4-10-5-3-6-11-7-8-12(15-16-14)9-13(10)11/h2-3,5-9,16H,1,4H2. The van der Waals surface area contributed by atoms with Crippen molar-refractivity contribution in [2.45, 2.75) is 6.42 Å². The van der Waals surface area contributed by atoms with Gasteiger partial charge in [-0.1, -0.05) is 30.3 Å². The van der Waals surface area contributed by atoms with Gasteiger partial charge in [0.25, 0.3) is 0 Å². The van der Waals surface area contributed by atoms with E-state index in [1.54, 1.807) is 0 Å². The Labute approximate surface area is 98.2 Å². The lowest BCUT2D eigenvalue weighted by Gasteiger charge is -2.05. The molecule has 0 radical (unpaired) electrons. The average Bonchev–Trinajstić information content (AvgIpc) is 2.31. The summed E-state index contributed by atoms with van der Waals surface area (Å²) in [6.07, 6.45) is 2.68. The second kappa shape index (κ2) is 4.94. The van der Waals surface area contributed by atoms with Gasteiger partial charge in [-0.3, -0.25) is 0 Å². The largest absolute Gasteiger partial charge is 0.403 e. The molecule has 2 aromatic carbocycles. The van der Waals surface area contributed by atoms with Gasteiger partial charge in [0.15, 0.2) is 11.9 Å². The van der Waals surface area contributed by atoms with E-state index in [4.69, 9.17) is 4.18 Å². The number of hydrogen-bond donors (Lipinski definition) is 1. The van der Waals surface area contributed by atoms with Crippen molar-refractivity contribution in [2.75, 3.05) is 0 Å². The van der Waals surface area contributed by atoms with Crippen molar-refractivity contribution in [3.63, 3.8) is 0 Å². The molecule has 2 rings (SSSR count). The van der Waals surface area contributed by atoms with E-state index in [1.165, 1.54) is 5.56 Å². The van der Waals surface area contributed by atoms with Crippen LogP contribution in [0.15, 0.2) is 49.1 Å². The highest BCUT2D eigenvalue weighted by Crippen LogP contribution is 2.24. The average molecular weight is 232 g/mol. The minimum Gasteiger partial charge on any atom is -0.403 e. The lowest BCUT2D eigenvalue weighted by Crippen LogP contribution is -1.87. The van der Waals surface area contributed by atoms with Crippen molar-refractivity contribution in [2.24, 2.45) is 0 Å². The van der Waals surface area contributed by atoms with Crippen molar-refractivity contribution in [3.8, 4) is 5.75 Å². The second-order valence-electron chi connectivity index (χ2n) is 3.46. The molecule has 0 saturated carbocycles. The molecular formula is C13H12O2S. The van der Waals surface area contributed by atoms with Crippen LogP contribution in [0.25, 0.3) is 10.8 Å². The summed E-state index contributed by atoms with van der Waals surface area (Å²) in [6, 6.07) is 11.8. The molecular weight excluding hydrogens is 220 g/mol. The predicted molar refractivity (Wildman–Crippen MR) is 68.0 cm³/mol. The first kappa shape index (κ1) is 10.9. The van der Waals surface area contributed by atoms with Gasteiger partial charge < -0.3 is 4.18 Å². The first-order valence-electron chi connectivity index (χ1n) is 4.97. The number of hydrogen-bond acceptors (Lipinski definition) is 2. The van der Waals surface area contributed by atoms with Gasteiger partial charge in [0.1, 0.15) is 5.75 Å². The van der Waals surface area contributed by atoms with Crippen molar-refractivity contribution in [1.29, 1.82) is 0 Å². The lowest BCUT2D eigenvalue weighted by atomic mass is 10.0. The molecule has 0 atom stereocenters. The molecule has 82 valence electrons. The van der Waals surface area contributed by atoms with Crippen LogP contribution >= 0.6 is 0 Å². The summed E-state index contributed by atoms with van der Waals surface area (Å²) < 4.78 is 15.3. The Hall–Kier alpha value is -1.61. The van der Waals surface area contributed by atoms with Gasteiger partial charge in [-0.05, 0) is 34.9 Å². The minimum atomic E-state index is -0.327. The van der Waals surface area contributed by atoms with Crippen LogP contribution in [-0.4, -0.2) is 4.21 Å². The molecule has 0 heterocycles.